The molecule has 0 N–H and O–H groups in total. The van der Waals surface area contributed by atoms with Gasteiger partial charge >= 0.3 is 0 Å². The Morgan fingerprint density at radius 2 is 1.74 bits per heavy atom. The number of carbonyl (C=O) groups is 2. The number of nitrogens with zero attached hydrogens (tertiary/aromatic N) is 1. The number of carbonyl (C=O) groups excluding carboxylic acids is 2. The molecule has 3 heterocycles. The molecule has 4 aliphatic rings. The molecular weight excluding hydrogens is 366 g/mol. The van der Waals surface area contributed by atoms with Gasteiger partial charge in [0.25, 0.3) is 5.78 Å². The Morgan fingerprint density at radius 1 is 1.04 bits per heavy atom. The van der Waals surface area contributed by atoms with Crippen LogP contribution in [0.5, 0.6) is 0 Å². The molecule has 1 spiro atoms. The molecule has 1 aromatic carbocycles. The van der Waals surface area contributed by atoms with Crippen molar-refractivity contribution >= 4 is 28.2 Å². The molecule has 1 unspecified atom stereocenters. The van der Waals surface area contributed by atoms with Crippen LogP contribution in [0, 0.1) is 0 Å². The van der Waals surface area contributed by atoms with Crippen LogP contribution in [0.4, 0.5) is 0 Å². The number of rotatable bonds is 2. The first-order valence-electron chi connectivity index (χ1n) is 9.38. The van der Waals surface area contributed by atoms with Gasteiger partial charge in [0.1, 0.15) is 6.10 Å². The number of allylic oxidation sites excluding steroid dienone is 1. The number of piperidine rings is 1. The van der Waals surface area contributed by atoms with Crippen molar-refractivity contribution in [2.75, 3.05) is 38.6 Å². The normalized spacial score (nSPS) is 27.5. The zero-order chi connectivity index (χ0) is 18.4. The Kier molecular flexibility index (Phi) is 4.35. The van der Waals surface area contributed by atoms with Crippen LogP contribution in [0.25, 0.3) is 4.91 Å². The van der Waals surface area contributed by atoms with Gasteiger partial charge in [0.15, 0.2) is 11.5 Å². The molecule has 0 bridgehead atoms. The maximum atomic E-state index is 12.5. The van der Waals surface area contributed by atoms with Crippen molar-refractivity contribution in [1.82, 2.24) is 4.90 Å². The Labute approximate surface area is 161 Å². The van der Waals surface area contributed by atoms with Gasteiger partial charge in [0, 0.05) is 49.4 Å². The van der Waals surface area contributed by atoms with Gasteiger partial charge in [-0.3, -0.25) is 14.5 Å². The summed E-state index contributed by atoms with van der Waals surface area (Å²) in [5.74, 6) is -0.379. The van der Waals surface area contributed by atoms with Crippen molar-refractivity contribution in [3.63, 3.8) is 0 Å². The third-order valence-corrected chi connectivity index (χ3v) is 6.86. The summed E-state index contributed by atoms with van der Waals surface area (Å²) in [6.07, 6.45) is 1.60. The van der Waals surface area contributed by atoms with Gasteiger partial charge in [-0.15, -0.1) is 11.8 Å². The summed E-state index contributed by atoms with van der Waals surface area (Å²) < 4.78 is 17.6. The molecule has 0 amide bonds. The third kappa shape index (κ3) is 3.02. The van der Waals surface area contributed by atoms with Crippen molar-refractivity contribution < 1.29 is 23.8 Å². The van der Waals surface area contributed by atoms with E-state index in [0.29, 0.717) is 18.8 Å². The summed E-state index contributed by atoms with van der Waals surface area (Å²) in [5.41, 5.74) is 1.30. The summed E-state index contributed by atoms with van der Waals surface area (Å²) in [6.45, 7) is 3.86. The molecule has 0 radical (unpaired) electrons. The van der Waals surface area contributed by atoms with E-state index < -0.39 is 11.6 Å². The average Bonchev–Trinajstić information content (AvgIpc) is 3.16. The number of ketones is 2. The molecule has 0 saturated carbocycles. The van der Waals surface area contributed by atoms with E-state index >= 15 is 0 Å². The minimum Gasteiger partial charge on any atom is -0.483 e. The van der Waals surface area contributed by atoms with Crippen LogP contribution in [0.2, 0.25) is 0 Å². The molecule has 6 nitrogen and oxygen atoms in total. The van der Waals surface area contributed by atoms with Crippen LogP contribution < -0.4 is 0 Å². The highest BCUT2D eigenvalue weighted by Crippen LogP contribution is 2.42. The molecule has 1 atom stereocenters. The number of Topliss-reactive ketones (excluding diaryl/α,β-unsaturated/α-hetero) is 2. The number of benzene rings is 1. The SMILES string of the molecule is O=C1C(=O)c2ccccc2C2=C1OC(CN1CCC3(CC1)OCCO3)CS2. The van der Waals surface area contributed by atoms with Crippen LogP contribution >= 0.6 is 11.8 Å². The molecule has 7 heteroatoms. The number of thioether (sulfide) groups is 1. The van der Waals surface area contributed by atoms with E-state index in [1.54, 1.807) is 23.9 Å². The third-order valence-electron chi connectivity index (χ3n) is 5.63. The van der Waals surface area contributed by atoms with E-state index in [9.17, 15) is 9.59 Å². The maximum Gasteiger partial charge on any atom is 0.269 e. The van der Waals surface area contributed by atoms with Crippen molar-refractivity contribution in [1.29, 1.82) is 0 Å². The lowest BCUT2D eigenvalue weighted by Gasteiger charge is -2.39. The summed E-state index contributed by atoms with van der Waals surface area (Å²) in [5, 5.41) is 0. The second kappa shape index (κ2) is 6.74. The molecule has 27 heavy (non-hydrogen) atoms. The number of hydrogen-bond acceptors (Lipinski definition) is 7. The lowest BCUT2D eigenvalue weighted by molar-refractivity contribution is -0.186. The zero-order valence-corrected chi connectivity index (χ0v) is 15.8. The molecule has 2 saturated heterocycles. The van der Waals surface area contributed by atoms with E-state index in [2.05, 4.69) is 4.90 Å². The highest BCUT2D eigenvalue weighted by molar-refractivity contribution is 8.08. The van der Waals surface area contributed by atoms with Crippen molar-refractivity contribution in [2.45, 2.75) is 24.7 Å². The number of hydrogen-bond donors (Lipinski definition) is 0. The smallest absolute Gasteiger partial charge is 0.269 e. The standard InChI is InChI=1S/C20H21NO5S/c22-16-14-3-1-2-4-15(14)19-18(17(16)23)26-13(12-27-19)11-21-7-5-20(6-8-21)24-9-10-25-20/h1-4,13H,5-12H2. The lowest BCUT2D eigenvalue weighted by atomic mass is 9.94. The first kappa shape index (κ1) is 17.4. The van der Waals surface area contributed by atoms with E-state index in [1.165, 1.54) is 0 Å². The van der Waals surface area contributed by atoms with Gasteiger partial charge in [-0.1, -0.05) is 24.3 Å². The predicted molar refractivity (Wildman–Crippen MR) is 100 cm³/mol. The molecule has 1 aromatic rings. The summed E-state index contributed by atoms with van der Waals surface area (Å²) >= 11 is 1.62. The van der Waals surface area contributed by atoms with Gasteiger partial charge in [-0.25, -0.2) is 0 Å². The Morgan fingerprint density at radius 3 is 2.48 bits per heavy atom. The largest absolute Gasteiger partial charge is 0.483 e. The fourth-order valence-corrected chi connectivity index (χ4v) is 5.33. The minimum absolute atomic E-state index is 0.102. The highest BCUT2D eigenvalue weighted by atomic mass is 32.2. The average molecular weight is 387 g/mol. The highest BCUT2D eigenvalue weighted by Gasteiger charge is 2.42. The second-order valence-corrected chi connectivity index (χ2v) is 8.35. The zero-order valence-electron chi connectivity index (χ0n) is 14.9. The Hall–Kier alpha value is -1.67. The molecular formula is C20H21NO5S. The molecule has 5 rings (SSSR count). The topological polar surface area (TPSA) is 65.1 Å². The second-order valence-electron chi connectivity index (χ2n) is 7.32. The first-order valence-corrected chi connectivity index (χ1v) is 10.4. The van der Waals surface area contributed by atoms with Crippen LogP contribution in [-0.4, -0.2) is 67.0 Å². The summed E-state index contributed by atoms with van der Waals surface area (Å²) in [4.78, 5) is 28.1. The summed E-state index contributed by atoms with van der Waals surface area (Å²) in [7, 11) is 0. The van der Waals surface area contributed by atoms with Gasteiger partial charge in [-0.05, 0) is 0 Å². The van der Waals surface area contributed by atoms with E-state index in [0.717, 1.165) is 48.7 Å². The van der Waals surface area contributed by atoms with Gasteiger partial charge < -0.3 is 14.2 Å². The predicted octanol–water partition coefficient (Wildman–Crippen LogP) is 2.09. The lowest BCUT2D eigenvalue weighted by Crippen LogP contribution is -2.48. The van der Waals surface area contributed by atoms with E-state index in [4.69, 9.17) is 14.2 Å². The minimum atomic E-state index is -0.522. The van der Waals surface area contributed by atoms with E-state index in [1.807, 2.05) is 12.1 Å². The number of likely N-dealkylation sites (tertiary alicyclic amines) is 1. The van der Waals surface area contributed by atoms with Crippen molar-refractivity contribution in [3.05, 3.63) is 41.2 Å². The molecule has 1 aliphatic carbocycles. The maximum absolute atomic E-state index is 12.5. The Balaban J connectivity index is 1.28. The van der Waals surface area contributed by atoms with Crippen LogP contribution in [0.3, 0.4) is 0 Å². The van der Waals surface area contributed by atoms with Gasteiger partial charge in [-0.2, -0.15) is 0 Å². The molecule has 2 fully saturated rings. The van der Waals surface area contributed by atoms with Crippen molar-refractivity contribution in [3.8, 4) is 0 Å². The molecule has 3 aliphatic heterocycles. The van der Waals surface area contributed by atoms with Gasteiger partial charge in [0.2, 0.25) is 5.78 Å². The number of ether oxygens (including phenoxy) is 3. The van der Waals surface area contributed by atoms with E-state index in [-0.39, 0.29) is 17.7 Å². The van der Waals surface area contributed by atoms with Crippen LogP contribution in [0.15, 0.2) is 30.0 Å². The molecule has 0 aromatic heterocycles. The fraction of sp³-hybridized carbons (Fsp3) is 0.500. The molecule has 142 valence electrons. The monoisotopic (exact) mass is 387 g/mol. The van der Waals surface area contributed by atoms with Crippen LogP contribution in [0.1, 0.15) is 28.8 Å². The number of fused-ring (bicyclic) bond motifs is 2. The quantitative estimate of drug-likeness (QED) is 0.720. The van der Waals surface area contributed by atoms with Gasteiger partial charge in [0.05, 0.1) is 18.1 Å². The van der Waals surface area contributed by atoms with Crippen LogP contribution in [-0.2, 0) is 19.0 Å². The summed E-state index contributed by atoms with van der Waals surface area (Å²) in [6, 6.07) is 7.27. The first-order chi connectivity index (χ1) is 13.2. The fourth-order valence-electron chi connectivity index (χ4n) is 4.20. The van der Waals surface area contributed by atoms with Crippen molar-refractivity contribution in [2.24, 2.45) is 0 Å². The Bertz CT molecular complexity index is 819.